The minimum absolute atomic E-state index is 0.0112. The van der Waals surface area contributed by atoms with E-state index in [4.69, 9.17) is 28.4 Å². The van der Waals surface area contributed by atoms with E-state index in [1.807, 2.05) is 58.1 Å². The summed E-state index contributed by atoms with van der Waals surface area (Å²) >= 11 is 0. The second kappa shape index (κ2) is 27.3. The molecule has 3 heterocycles. The molecule has 384 valence electrons. The highest BCUT2D eigenvalue weighted by Crippen LogP contribution is 2.37. The monoisotopic (exact) mass is 958 g/mol. The van der Waals surface area contributed by atoms with Crippen molar-refractivity contribution in [1.29, 1.82) is 0 Å². The van der Waals surface area contributed by atoms with Gasteiger partial charge in [-0.3, -0.25) is 19.2 Å². The Morgan fingerprint density at radius 3 is 2.25 bits per heavy atom. The van der Waals surface area contributed by atoms with E-state index in [0.29, 0.717) is 56.9 Å². The number of rotatable bonds is 9. The number of carbonyl (C=O) groups excluding carboxylic acids is 5. The lowest BCUT2D eigenvalue weighted by molar-refractivity contribution is -0.231. The molecule has 0 radical (unpaired) electrons. The highest BCUT2D eigenvalue weighted by Gasteiger charge is 2.55. The molecular weight excluding hydrogens is 875 g/mol. The fourth-order valence-corrected chi connectivity index (χ4v) is 10.5. The number of piperidine rings is 1. The molecule has 3 N–H and O–H groups in total. The topological polar surface area (TPSA) is 205 Å². The predicted molar refractivity (Wildman–Crippen MR) is 256 cm³/mol. The average Bonchev–Trinajstić information content (AvgIpc) is 3.43. The first-order valence-electron chi connectivity index (χ1n) is 25.0. The molecule has 15 nitrogen and oxygen atoms in total. The number of hydrogen-bond acceptors (Lipinski definition) is 14. The summed E-state index contributed by atoms with van der Waals surface area (Å²) in [6.07, 6.45) is 11.5. The Labute approximate surface area is 405 Å². The van der Waals surface area contributed by atoms with E-state index in [2.05, 4.69) is 0 Å². The number of allylic oxidation sites excluding steroid dienone is 6. The summed E-state index contributed by atoms with van der Waals surface area (Å²) in [5, 5.41) is 33.0. The van der Waals surface area contributed by atoms with Crippen molar-refractivity contribution in [2.45, 2.75) is 180 Å². The summed E-state index contributed by atoms with van der Waals surface area (Å²) in [7, 11) is 4.57. The summed E-state index contributed by atoms with van der Waals surface area (Å²) in [6.45, 7) is 12.8. The average molecular weight is 958 g/mol. The molecule has 68 heavy (non-hydrogen) atoms. The van der Waals surface area contributed by atoms with Gasteiger partial charge in [0.25, 0.3) is 5.91 Å². The molecule has 0 aromatic carbocycles. The number of amides is 1. The van der Waals surface area contributed by atoms with Crippen LogP contribution < -0.4 is 0 Å². The summed E-state index contributed by atoms with van der Waals surface area (Å²) < 4.78 is 35.7. The lowest BCUT2D eigenvalue weighted by Gasteiger charge is -2.40. The van der Waals surface area contributed by atoms with Gasteiger partial charge in [0.05, 0.1) is 37.6 Å². The normalized spacial score (nSPS) is 38.4. The van der Waals surface area contributed by atoms with Crippen LogP contribution in [0.4, 0.5) is 0 Å². The van der Waals surface area contributed by atoms with Crippen molar-refractivity contribution < 1.29 is 67.7 Å². The number of hydrogen-bond donors (Lipinski definition) is 3. The van der Waals surface area contributed by atoms with Gasteiger partial charge < -0.3 is 48.6 Å². The van der Waals surface area contributed by atoms with Gasteiger partial charge in [-0.1, -0.05) is 71.1 Å². The third-order valence-corrected chi connectivity index (χ3v) is 14.8. The number of carbonyl (C=O) groups is 5. The largest absolute Gasteiger partial charge is 0.460 e. The zero-order valence-electron chi connectivity index (χ0n) is 42.4. The first-order chi connectivity index (χ1) is 32.3. The Morgan fingerprint density at radius 2 is 1.57 bits per heavy atom. The van der Waals surface area contributed by atoms with Crippen molar-refractivity contribution in [1.82, 2.24) is 4.90 Å². The molecule has 15 heteroatoms. The van der Waals surface area contributed by atoms with E-state index in [0.717, 1.165) is 12.0 Å². The van der Waals surface area contributed by atoms with Crippen LogP contribution in [-0.4, -0.2) is 145 Å². The van der Waals surface area contributed by atoms with E-state index >= 15 is 0 Å². The summed E-state index contributed by atoms with van der Waals surface area (Å²) in [6, 6.07) is -1.16. The van der Waals surface area contributed by atoms with E-state index in [9.17, 15) is 39.3 Å². The molecule has 1 saturated carbocycles. The summed E-state index contributed by atoms with van der Waals surface area (Å²) in [5.74, 6) is -8.02. The molecule has 1 amide bonds. The van der Waals surface area contributed by atoms with Crippen LogP contribution in [-0.2, 0) is 52.4 Å². The van der Waals surface area contributed by atoms with Gasteiger partial charge in [0, 0.05) is 58.5 Å². The molecule has 4 aliphatic rings. The molecule has 3 fully saturated rings. The number of aliphatic hydroxyl groups excluding tert-OH is 2. The highest BCUT2D eigenvalue weighted by atomic mass is 16.6. The maximum Gasteiger partial charge on any atom is 0.329 e. The molecule has 0 spiro atoms. The first kappa shape index (κ1) is 57.2. The van der Waals surface area contributed by atoms with E-state index < -0.39 is 77.8 Å². The van der Waals surface area contributed by atoms with Crippen molar-refractivity contribution in [2.24, 2.45) is 35.5 Å². The number of ketones is 3. The van der Waals surface area contributed by atoms with Crippen LogP contribution in [0.3, 0.4) is 0 Å². The number of esters is 1. The molecule has 15 atom stereocenters. The summed E-state index contributed by atoms with van der Waals surface area (Å²) in [4.78, 5) is 72.5. The van der Waals surface area contributed by atoms with E-state index in [1.54, 1.807) is 41.1 Å². The Balaban J connectivity index is 1.73. The van der Waals surface area contributed by atoms with Crippen LogP contribution in [0.1, 0.15) is 126 Å². The zero-order chi connectivity index (χ0) is 50.3. The molecule has 1 aliphatic carbocycles. The van der Waals surface area contributed by atoms with Crippen LogP contribution in [0, 0.1) is 35.5 Å². The van der Waals surface area contributed by atoms with Gasteiger partial charge in [-0.2, -0.15) is 0 Å². The quantitative estimate of drug-likeness (QED) is 0.134. The van der Waals surface area contributed by atoms with Gasteiger partial charge in [0.2, 0.25) is 5.78 Å². The Morgan fingerprint density at radius 1 is 0.838 bits per heavy atom. The Kier molecular flexibility index (Phi) is 22.9. The predicted octanol–water partition coefficient (Wildman–Crippen LogP) is 6.20. The number of fused-ring (bicyclic) bond motifs is 3. The standard InChI is InChI=1S/C53H83NO14/c1-32-16-12-11-13-17-33(2)44(63-8)30-40-21-19-34(3)50(59)53(62,68-40)52(61)54-23-15-14-18-41(54)51(60)67-45(36(5)28-39-20-22-43(66-25-24-55)46(29-39)64-9)31-42(56)35(4)27-38(7)48(58)49(65-10)47(57)37(6)26-32/h11-13,16-17,27,32,34-37,39-41,43-46,48-49,55,58,62H,14-15,18-26,28-31H2,1-10H3/b13-11+,16-12+,33-17?,38-27+/t32-,34-,35-,36-,37-,39+,40+,41+,43-,44+,45+,46-,48-,49+,53?/m1/s1. The van der Waals surface area contributed by atoms with Gasteiger partial charge in [0.1, 0.15) is 30.1 Å². The molecule has 1 unspecified atom stereocenters. The first-order valence-corrected chi connectivity index (χ1v) is 25.0. The smallest absolute Gasteiger partial charge is 0.329 e. The Bertz CT molecular complexity index is 1810. The van der Waals surface area contributed by atoms with Crippen molar-refractivity contribution in [2.75, 3.05) is 41.1 Å². The van der Waals surface area contributed by atoms with Gasteiger partial charge in [-0.25, -0.2) is 4.79 Å². The van der Waals surface area contributed by atoms with Crippen molar-refractivity contribution in [3.63, 3.8) is 0 Å². The Hall–Kier alpha value is -3.41. The third-order valence-electron chi connectivity index (χ3n) is 14.8. The van der Waals surface area contributed by atoms with Crippen LogP contribution in [0.2, 0.25) is 0 Å². The van der Waals surface area contributed by atoms with Gasteiger partial charge in [-0.05, 0) is 107 Å². The van der Waals surface area contributed by atoms with Crippen LogP contribution in [0.5, 0.6) is 0 Å². The molecule has 3 aliphatic heterocycles. The zero-order valence-corrected chi connectivity index (χ0v) is 42.4. The van der Waals surface area contributed by atoms with Gasteiger partial charge >= 0.3 is 11.8 Å². The fourth-order valence-electron chi connectivity index (χ4n) is 10.5. The molecule has 2 bridgehead atoms. The minimum Gasteiger partial charge on any atom is -0.460 e. The van der Waals surface area contributed by atoms with Crippen molar-refractivity contribution in [3.8, 4) is 0 Å². The number of methoxy groups -OCH3 is 3. The lowest BCUT2D eigenvalue weighted by Crippen LogP contribution is -2.62. The number of cyclic esters (lactones) is 1. The van der Waals surface area contributed by atoms with Crippen LogP contribution in [0.15, 0.2) is 47.6 Å². The minimum atomic E-state index is -2.86. The highest BCUT2D eigenvalue weighted by molar-refractivity contribution is 6.09. The molecule has 2 saturated heterocycles. The molecule has 0 aromatic heterocycles. The van der Waals surface area contributed by atoms with Gasteiger partial charge in [0.15, 0.2) is 5.78 Å². The van der Waals surface area contributed by atoms with Gasteiger partial charge in [-0.15, -0.1) is 0 Å². The lowest BCUT2D eigenvalue weighted by atomic mass is 9.78. The van der Waals surface area contributed by atoms with E-state index in [1.165, 1.54) is 12.0 Å². The maximum atomic E-state index is 14.7. The number of Topliss-reactive ketones (excluding diaryl/α,β-unsaturated/α-hetero) is 3. The SMILES string of the molecule is CO[C@H]1C[C@@H]2CC[C@@H](C)C(=O)C(O)(O2)C(=O)N2CCCC[C@H]2C(=O)O[C@H]([C@H](C)C[C@@H]2CC[C@@H](OCCO)[C@H](OC)C2)CC(=O)[C@H](C)/C=C(\C)[C@@H](O)[C@@H](OC)C(=O)[C@H](C)C[C@H](C)/C=C/C=C/C=C1C. The fraction of sp³-hybridized carbons (Fsp3) is 0.755. The maximum absolute atomic E-state index is 14.7. The second-order valence-corrected chi connectivity index (χ2v) is 20.1. The number of nitrogens with zero attached hydrogens (tertiary/aromatic N) is 1. The van der Waals surface area contributed by atoms with Crippen molar-refractivity contribution in [3.05, 3.63) is 47.6 Å². The number of aliphatic hydroxyl groups is 3. The molecular formula is C53H83NO14. The molecule has 4 rings (SSSR count). The molecule has 0 aromatic rings. The van der Waals surface area contributed by atoms with E-state index in [-0.39, 0.29) is 80.5 Å². The van der Waals surface area contributed by atoms with Crippen molar-refractivity contribution >= 4 is 29.2 Å². The second-order valence-electron chi connectivity index (χ2n) is 20.1. The number of ether oxygens (including phenoxy) is 6. The van der Waals surface area contributed by atoms with Crippen LogP contribution >= 0.6 is 0 Å². The van der Waals surface area contributed by atoms with Crippen LogP contribution in [0.25, 0.3) is 0 Å². The summed E-state index contributed by atoms with van der Waals surface area (Å²) in [5.41, 5.74) is 1.24. The third kappa shape index (κ3) is 15.3.